The number of amides is 2. The molecule has 5 nitrogen and oxygen atoms in total. The van der Waals surface area contributed by atoms with Crippen LogP contribution >= 0.6 is 0 Å². The average Bonchev–Trinajstić information content (AvgIpc) is 2.51. The molecule has 2 amide bonds. The number of aryl methyl sites for hydroxylation is 2. The maximum absolute atomic E-state index is 11.8. The van der Waals surface area contributed by atoms with Gasteiger partial charge in [0.25, 0.3) is 0 Å². The number of ether oxygens (including phenoxy) is 2. The van der Waals surface area contributed by atoms with Crippen molar-refractivity contribution in [1.82, 2.24) is 5.32 Å². The topological polar surface area (TPSA) is 59.6 Å². The second kappa shape index (κ2) is 7.36. The number of hydrogen-bond donors (Lipinski definition) is 2. The highest BCUT2D eigenvalue weighted by Crippen LogP contribution is 2.17. The summed E-state index contributed by atoms with van der Waals surface area (Å²) in [6, 6.07) is 12.6. The van der Waals surface area contributed by atoms with Crippen molar-refractivity contribution < 1.29 is 14.3 Å². The van der Waals surface area contributed by atoms with E-state index < -0.39 is 0 Å². The molecule has 0 heterocycles. The molecule has 2 aromatic rings. The minimum Gasteiger partial charge on any atom is -0.497 e. The molecule has 0 atom stereocenters. The quantitative estimate of drug-likeness (QED) is 0.831. The third-order valence-electron chi connectivity index (χ3n) is 3.28. The maximum atomic E-state index is 11.8. The molecule has 0 radical (unpaired) electrons. The summed E-state index contributed by atoms with van der Waals surface area (Å²) in [6.45, 7) is 4.16. The number of nitrogens with one attached hydrogen (secondary N) is 2. The number of carbonyl (C=O) groups excluding carboxylic acids is 1. The number of urea groups is 1. The summed E-state index contributed by atoms with van der Waals surface area (Å²) in [6.07, 6.45) is 0. The first kappa shape index (κ1) is 15.7. The molecule has 0 saturated carbocycles. The van der Waals surface area contributed by atoms with E-state index in [1.54, 1.807) is 25.3 Å². The van der Waals surface area contributed by atoms with Crippen LogP contribution in [0.4, 0.5) is 10.5 Å². The molecule has 0 bridgehead atoms. The van der Waals surface area contributed by atoms with Gasteiger partial charge in [0.15, 0.2) is 6.73 Å². The normalized spacial score (nSPS) is 9.95. The van der Waals surface area contributed by atoms with Gasteiger partial charge in [0.1, 0.15) is 11.5 Å². The van der Waals surface area contributed by atoms with Crippen molar-refractivity contribution in [2.75, 3.05) is 19.2 Å². The van der Waals surface area contributed by atoms with Gasteiger partial charge >= 0.3 is 6.03 Å². The van der Waals surface area contributed by atoms with E-state index in [-0.39, 0.29) is 12.8 Å². The van der Waals surface area contributed by atoms with Crippen LogP contribution in [-0.4, -0.2) is 19.9 Å². The molecule has 2 rings (SSSR count). The fraction of sp³-hybridized carbons (Fsp3) is 0.235. The summed E-state index contributed by atoms with van der Waals surface area (Å²) in [7, 11) is 1.58. The van der Waals surface area contributed by atoms with E-state index in [9.17, 15) is 4.79 Å². The third kappa shape index (κ3) is 4.41. The molecule has 0 unspecified atom stereocenters. The van der Waals surface area contributed by atoms with Gasteiger partial charge in [0.2, 0.25) is 0 Å². The number of hydrogen-bond acceptors (Lipinski definition) is 3. The van der Waals surface area contributed by atoms with Crippen molar-refractivity contribution in [3.63, 3.8) is 0 Å². The first-order chi connectivity index (χ1) is 10.6. The van der Waals surface area contributed by atoms with Gasteiger partial charge in [-0.25, -0.2) is 4.79 Å². The second-order valence-corrected chi connectivity index (χ2v) is 4.90. The highest BCUT2D eigenvalue weighted by molar-refractivity contribution is 5.89. The predicted molar refractivity (Wildman–Crippen MR) is 86.6 cm³/mol. The van der Waals surface area contributed by atoms with E-state index in [4.69, 9.17) is 9.47 Å². The Morgan fingerprint density at radius 3 is 2.59 bits per heavy atom. The van der Waals surface area contributed by atoms with Crippen molar-refractivity contribution in [2.45, 2.75) is 13.8 Å². The highest BCUT2D eigenvalue weighted by Gasteiger charge is 2.03. The number of carbonyl (C=O) groups is 1. The van der Waals surface area contributed by atoms with Gasteiger partial charge in [0, 0.05) is 11.8 Å². The number of anilines is 1. The molecule has 2 aromatic carbocycles. The second-order valence-electron chi connectivity index (χ2n) is 4.90. The fourth-order valence-corrected chi connectivity index (χ4v) is 1.86. The largest absolute Gasteiger partial charge is 0.497 e. The molecule has 2 N–H and O–H groups in total. The minimum atomic E-state index is -0.336. The first-order valence-electron chi connectivity index (χ1n) is 6.97. The lowest BCUT2D eigenvalue weighted by molar-refractivity contribution is 0.234. The van der Waals surface area contributed by atoms with Crippen LogP contribution in [0.25, 0.3) is 0 Å². The van der Waals surface area contributed by atoms with Crippen LogP contribution in [0.3, 0.4) is 0 Å². The van der Waals surface area contributed by atoms with Crippen LogP contribution in [0.15, 0.2) is 42.5 Å². The summed E-state index contributed by atoms with van der Waals surface area (Å²) in [5, 5.41) is 5.35. The zero-order valence-corrected chi connectivity index (χ0v) is 13.0. The smallest absolute Gasteiger partial charge is 0.321 e. The summed E-state index contributed by atoms with van der Waals surface area (Å²) >= 11 is 0. The monoisotopic (exact) mass is 300 g/mol. The molecule has 0 aliphatic rings. The lowest BCUT2D eigenvalue weighted by Crippen LogP contribution is -2.32. The summed E-state index contributed by atoms with van der Waals surface area (Å²) < 4.78 is 10.6. The third-order valence-corrected chi connectivity index (χ3v) is 3.28. The Bertz CT molecular complexity index is 656. The SMILES string of the molecule is COc1cccc(NC(=O)NCOc2ccc(C)c(C)c2)c1. The van der Waals surface area contributed by atoms with E-state index >= 15 is 0 Å². The van der Waals surface area contributed by atoms with Gasteiger partial charge in [-0.05, 0) is 49.2 Å². The Balaban J connectivity index is 1.81. The molecule has 0 fully saturated rings. The van der Waals surface area contributed by atoms with Crippen molar-refractivity contribution in [1.29, 1.82) is 0 Å². The van der Waals surface area contributed by atoms with Gasteiger partial charge in [-0.15, -0.1) is 0 Å². The Hall–Kier alpha value is -2.69. The van der Waals surface area contributed by atoms with E-state index in [1.807, 2.05) is 38.1 Å². The van der Waals surface area contributed by atoms with Gasteiger partial charge < -0.3 is 20.1 Å². The molecule has 22 heavy (non-hydrogen) atoms. The zero-order valence-electron chi connectivity index (χ0n) is 13.0. The summed E-state index contributed by atoms with van der Waals surface area (Å²) in [5.74, 6) is 1.41. The molecule has 0 saturated heterocycles. The van der Waals surface area contributed by atoms with E-state index in [2.05, 4.69) is 10.6 Å². The Morgan fingerprint density at radius 2 is 1.86 bits per heavy atom. The molecular weight excluding hydrogens is 280 g/mol. The molecule has 116 valence electrons. The number of benzene rings is 2. The standard InChI is InChI=1S/C17H20N2O3/c1-12-7-8-16(9-13(12)2)22-11-18-17(20)19-14-5-4-6-15(10-14)21-3/h4-10H,11H2,1-3H3,(H2,18,19,20). The number of methoxy groups -OCH3 is 1. The van der Waals surface area contributed by atoms with Crippen molar-refractivity contribution in [3.05, 3.63) is 53.6 Å². The molecule has 5 heteroatoms. The van der Waals surface area contributed by atoms with E-state index in [0.717, 1.165) is 11.3 Å². The van der Waals surface area contributed by atoms with Gasteiger partial charge in [0.05, 0.1) is 7.11 Å². The van der Waals surface area contributed by atoms with Gasteiger partial charge in [-0.1, -0.05) is 12.1 Å². The molecular formula is C17H20N2O3. The Labute approximate surface area is 130 Å². The van der Waals surface area contributed by atoms with Gasteiger partial charge in [-0.3, -0.25) is 0 Å². The van der Waals surface area contributed by atoms with Crippen LogP contribution in [0.5, 0.6) is 11.5 Å². The first-order valence-corrected chi connectivity index (χ1v) is 6.97. The van der Waals surface area contributed by atoms with Crippen molar-refractivity contribution >= 4 is 11.7 Å². The molecule has 0 aliphatic carbocycles. The molecule has 0 aromatic heterocycles. The van der Waals surface area contributed by atoms with Crippen molar-refractivity contribution in [2.24, 2.45) is 0 Å². The van der Waals surface area contributed by atoms with Crippen LogP contribution in [0, 0.1) is 13.8 Å². The predicted octanol–water partition coefficient (Wildman–Crippen LogP) is 3.47. The summed E-state index contributed by atoms with van der Waals surface area (Å²) in [5.41, 5.74) is 3.01. The van der Waals surface area contributed by atoms with Crippen LogP contribution < -0.4 is 20.1 Å². The lowest BCUT2D eigenvalue weighted by Gasteiger charge is -2.11. The molecule has 0 spiro atoms. The van der Waals surface area contributed by atoms with Crippen molar-refractivity contribution in [3.8, 4) is 11.5 Å². The fourth-order valence-electron chi connectivity index (χ4n) is 1.86. The maximum Gasteiger partial charge on any atom is 0.321 e. The highest BCUT2D eigenvalue weighted by atomic mass is 16.5. The van der Waals surface area contributed by atoms with Gasteiger partial charge in [-0.2, -0.15) is 0 Å². The number of rotatable bonds is 5. The Kier molecular flexibility index (Phi) is 5.25. The Morgan fingerprint density at radius 1 is 1.05 bits per heavy atom. The van der Waals surface area contributed by atoms with Crippen LogP contribution in [0.2, 0.25) is 0 Å². The zero-order chi connectivity index (χ0) is 15.9. The van der Waals surface area contributed by atoms with E-state index in [1.165, 1.54) is 5.56 Å². The molecule has 0 aliphatic heterocycles. The van der Waals surface area contributed by atoms with Crippen LogP contribution in [0.1, 0.15) is 11.1 Å². The van der Waals surface area contributed by atoms with Crippen LogP contribution in [-0.2, 0) is 0 Å². The lowest BCUT2D eigenvalue weighted by atomic mass is 10.1. The minimum absolute atomic E-state index is 0.0955. The summed E-state index contributed by atoms with van der Waals surface area (Å²) in [4.78, 5) is 11.8. The van der Waals surface area contributed by atoms with E-state index in [0.29, 0.717) is 11.4 Å². The average molecular weight is 300 g/mol.